The molecule has 1 atom stereocenters. The Kier molecular flexibility index (Phi) is 6.90. The number of nitriles is 1. The summed E-state index contributed by atoms with van der Waals surface area (Å²) in [5.41, 5.74) is 2.56. The molecule has 0 amide bonds. The molecule has 3 aromatic rings. The smallest absolute Gasteiger partial charge is 0.155 e. The molecule has 0 radical (unpaired) electrons. The second kappa shape index (κ2) is 9.91. The summed E-state index contributed by atoms with van der Waals surface area (Å²) in [4.78, 5) is 0. The van der Waals surface area contributed by atoms with E-state index in [1.807, 2.05) is 34.8 Å². The Morgan fingerprint density at radius 3 is 2.68 bits per heavy atom. The summed E-state index contributed by atoms with van der Waals surface area (Å²) in [7, 11) is 0. The van der Waals surface area contributed by atoms with Crippen molar-refractivity contribution in [1.29, 1.82) is 5.26 Å². The van der Waals surface area contributed by atoms with Crippen LogP contribution in [0, 0.1) is 16.7 Å². The molecule has 5 rings (SSSR count). The molecule has 1 saturated carbocycles. The molecular weight excluding hydrogens is 489 g/mol. The standard InChI is InChI=1S/C26H27Cl2N3O2S/c1-34-30-11-7-26(8-12-30)6-4-24(26)33-21-2-3-23-18(15-21)5-10-31(23)20-14-19(17-29)25(22(28)16-20)32-13-9-27/h2-3,5,10,14-16,24H,4,6-9,11-13H2,1H3. The first kappa shape index (κ1) is 23.7. The van der Waals surface area contributed by atoms with Gasteiger partial charge in [0.05, 0.1) is 22.0 Å². The highest BCUT2D eigenvalue weighted by atomic mass is 35.5. The van der Waals surface area contributed by atoms with E-state index in [1.54, 1.807) is 6.07 Å². The number of alkyl halides is 1. The van der Waals surface area contributed by atoms with Gasteiger partial charge in [0.15, 0.2) is 5.75 Å². The zero-order valence-corrected chi connectivity index (χ0v) is 21.4. The molecule has 1 spiro atoms. The first-order valence-electron chi connectivity index (χ1n) is 11.6. The van der Waals surface area contributed by atoms with Crippen LogP contribution in [-0.4, -0.2) is 46.8 Å². The van der Waals surface area contributed by atoms with Crippen LogP contribution in [-0.2, 0) is 0 Å². The predicted molar refractivity (Wildman–Crippen MR) is 140 cm³/mol. The average molecular weight is 516 g/mol. The lowest BCUT2D eigenvalue weighted by molar-refractivity contribution is -0.0741. The first-order valence-corrected chi connectivity index (χ1v) is 13.7. The van der Waals surface area contributed by atoms with Gasteiger partial charge in [-0.25, -0.2) is 0 Å². The maximum atomic E-state index is 9.61. The third kappa shape index (κ3) is 4.35. The number of ether oxygens (including phenoxy) is 2. The summed E-state index contributed by atoms with van der Waals surface area (Å²) in [5.74, 6) is 1.62. The van der Waals surface area contributed by atoms with Crippen LogP contribution in [0.15, 0.2) is 42.6 Å². The van der Waals surface area contributed by atoms with E-state index in [9.17, 15) is 5.26 Å². The normalized spacial score (nSPS) is 19.6. The van der Waals surface area contributed by atoms with Gasteiger partial charge in [-0.15, -0.1) is 11.6 Å². The molecule has 34 heavy (non-hydrogen) atoms. The van der Waals surface area contributed by atoms with E-state index >= 15 is 0 Å². The summed E-state index contributed by atoms with van der Waals surface area (Å²) >= 11 is 14.0. The van der Waals surface area contributed by atoms with Gasteiger partial charge in [-0.3, -0.25) is 4.31 Å². The molecule has 178 valence electrons. The molecule has 2 heterocycles. The lowest BCUT2D eigenvalue weighted by atomic mass is 9.61. The lowest BCUT2D eigenvalue weighted by Crippen LogP contribution is -2.53. The number of halogens is 2. The van der Waals surface area contributed by atoms with Crippen LogP contribution in [0.1, 0.15) is 31.2 Å². The summed E-state index contributed by atoms with van der Waals surface area (Å²) in [6.45, 7) is 2.58. The van der Waals surface area contributed by atoms with Gasteiger partial charge in [0, 0.05) is 35.8 Å². The molecule has 2 fully saturated rings. The van der Waals surface area contributed by atoms with Crippen LogP contribution in [0.2, 0.25) is 5.02 Å². The van der Waals surface area contributed by atoms with Crippen molar-refractivity contribution in [2.75, 3.05) is 31.8 Å². The Balaban J connectivity index is 1.37. The van der Waals surface area contributed by atoms with Gasteiger partial charge < -0.3 is 14.0 Å². The van der Waals surface area contributed by atoms with Crippen molar-refractivity contribution in [1.82, 2.24) is 8.87 Å². The van der Waals surface area contributed by atoms with Crippen molar-refractivity contribution >= 4 is 46.1 Å². The number of piperidine rings is 1. The predicted octanol–water partition coefficient (Wildman–Crippen LogP) is 6.67. The Morgan fingerprint density at radius 2 is 2.00 bits per heavy atom. The summed E-state index contributed by atoms with van der Waals surface area (Å²) in [6.07, 6.45) is 9.27. The summed E-state index contributed by atoms with van der Waals surface area (Å²) in [5, 5.41) is 11.1. The number of aromatic nitrogens is 1. The number of benzene rings is 2. The van der Waals surface area contributed by atoms with Gasteiger partial charge in [0.25, 0.3) is 0 Å². The fourth-order valence-electron chi connectivity index (χ4n) is 5.21. The van der Waals surface area contributed by atoms with E-state index < -0.39 is 0 Å². The largest absolute Gasteiger partial charge is 0.490 e. The SMILES string of the molecule is CSN1CCC2(CCC2Oc2ccc3c(ccn3-c3cc(Cl)c(OCCCl)c(C#N)c3)c2)CC1. The second-order valence-electron chi connectivity index (χ2n) is 8.98. The Bertz CT molecular complexity index is 1230. The minimum Gasteiger partial charge on any atom is -0.490 e. The van der Waals surface area contributed by atoms with Crippen molar-refractivity contribution in [2.24, 2.45) is 5.41 Å². The molecule has 2 aromatic carbocycles. The van der Waals surface area contributed by atoms with Gasteiger partial charge in [0.1, 0.15) is 24.5 Å². The molecule has 1 aliphatic heterocycles. The fourth-order valence-corrected chi connectivity index (χ4v) is 6.11. The first-order chi connectivity index (χ1) is 16.6. The zero-order chi connectivity index (χ0) is 23.7. The van der Waals surface area contributed by atoms with Crippen molar-refractivity contribution in [2.45, 2.75) is 31.8 Å². The number of hydrogen-bond acceptors (Lipinski definition) is 5. The molecule has 8 heteroatoms. The Hall–Kier alpha value is -2.04. The summed E-state index contributed by atoms with van der Waals surface area (Å²) < 4.78 is 16.6. The maximum Gasteiger partial charge on any atom is 0.155 e. The summed E-state index contributed by atoms with van der Waals surface area (Å²) in [6, 6.07) is 14.1. The van der Waals surface area contributed by atoms with Crippen LogP contribution in [0.25, 0.3) is 16.6 Å². The number of rotatable bonds is 7. The minimum absolute atomic E-state index is 0.294. The quantitative estimate of drug-likeness (QED) is 0.259. The van der Waals surface area contributed by atoms with Crippen LogP contribution in [0.3, 0.4) is 0 Å². The molecule has 0 N–H and O–H groups in total. The third-order valence-corrected chi connectivity index (χ3v) is 8.57. The van der Waals surface area contributed by atoms with Gasteiger partial charge >= 0.3 is 0 Å². The van der Waals surface area contributed by atoms with E-state index in [0.29, 0.717) is 40.3 Å². The highest BCUT2D eigenvalue weighted by Crippen LogP contribution is 2.51. The van der Waals surface area contributed by atoms with Crippen molar-refractivity contribution < 1.29 is 9.47 Å². The number of hydrogen-bond donors (Lipinski definition) is 0. The highest BCUT2D eigenvalue weighted by Gasteiger charge is 2.49. The van der Waals surface area contributed by atoms with Crippen molar-refractivity contribution in [3.05, 3.63) is 53.2 Å². The van der Waals surface area contributed by atoms with Gasteiger partial charge in [-0.2, -0.15) is 5.26 Å². The van der Waals surface area contributed by atoms with E-state index in [1.165, 1.54) is 19.3 Å². The van der Waals surface area contributed by atoms with Gasteiger partial charge in [-0.05, 0) is 68.3 Å². The lowest BCUT2D eigenvalue weighted by Gasteiger charge is -2.52. The van der Waals surface area contributed by atoms with Gasteiger partial charge in [0.2, 0.25) is 0 Å². The second-order valence-corrected chi connectivity index (χ2v) is 10.6. The molecule has 5 nitrogen and oxygen atoms in total. The molecule has 0 bridgehead atoms. The monoisotopic (exact) mass is 515 g/mol. The topological polar surface area (TPSA) is 50.4 Å². The molecule has 1 aromatic heterocycles. The van der Waals surface area contributed by atoms with Crippen LogP contribution >= 0.6 is 35.1 Å². The van der Waals surface area contributed by atoms with Crippen LogP contribution in [0.5, 0.6) is 11.5 Å². The maximum absolute atomic E-state index is 9.61. The fraction of sp³-hybridized carbons (Fsp3) is 0.423. The van der Waals surface area contributed by atoms with E-state index in [-0.39, 0.29) is 0 Å². The molecular formula is C26H27Cl2N3O2S. The third-order valence-electron chi connectivity index (χ3n) is 7.25. The van der Waals surface area contributed by atoms with E-state index in [2.05, 4.69) is 34.8 Å². The van der Waals surface area contributed by atoms with Crippen LogP contribution in [0.4, 0.5) is 0 Å². The highest BCUT2D eigenvalue weighted by molar-refractivity contribution is 7.96. The molecule has 1 saturated heterocycles. The van der Waals surface area contributed by atoms with Crippen molar-refractivity contribution in [3.8, 4) is 23.3 Å². The molecule has 1 unspecified atom stereocenters. The van der Waals surface area contributed by atoms with E-state index in [4.69, 9.17) is 32.7 Å². The van der Waals surface area contributed by atoms with Gasteiger partial charge in [-0.1, -0.05) is 23.5 Å². The Morgan fingerprint density at radius 1 is 1.18 bits per heavy atom. The average Bonchev–Trinajstić information content (AvgIpc) is 3.29. The zero-order valence-electron chi connectivity index (χ0n) is 19.1. The van der Waals surface area contributed by atoms with Crippen molar-refractivity contribution in [3.63, 3.8) is 0 Å². The molecule has 2 aliphatic rings. The number of nitrogens with zero attached hydrogens (tertiary/aromatic N) is 3. The van der Waals surface area contributed by atoms with E-state index in [0.717, 1.165) is 41.9 Å². The number of fused-ring (bicyclic) bond motifs is 1. The Labute approximate surface area is 214 Å². The van der Waals surface area contributed by atoms with Crippen LogP contribution < -0.4 is 9.47 Å². The molecule has 1 aliphatic carbocycles. The minimum atomic E-state index is 0.294.